The molecule has 0 atom stereocenters. The van der Waals surface area contributed by atoms with Gasteiger partial charge in [-0.2, -0.15) is 5.10 Å². The number of amides is 1. The Bertz CT molecular complexity index is 749. The number of hydrogen-bond acceptors (Lipinski definition) is 3. The van der Waals surface area contributed by atoms with Crippen LogP contribution in [0.15, 0.2) is 30.3 Å². The van der Waals surface area contributed by atoms with Crippen molar-refractivity contribution < 1.29 is 14.7 Å². The molecule has 0 aliphatic carbocycles. The van der Waals surface area contributed by atoms with Crippen LogP contribution >= 0.6 is 0 Å². The van der Waals surface area contributed by atoms with Gasteiger partial charge in [0.1, 0.15) is 5.69 Å². The monoisotopic (exact) mass is 299 g/mol. The number of aromatic carboxylic acids is 1. The summed E-state index contributed by atoms with van der Waals surface area (Å²) in [6.45, 7) is 4.26. The van der Waals surface area contributed by atoms with E-state index in [4.69, 9.17) is 0 Å². The summed E-state index contributed by atoms with van der Waals surface area (Å²) < 4.78 is 1.37. The molecule has 6 nitrogen and oxygen atoms in total. The van der Waals surface area contributed by atoms with Gasteiger partial charge in [0.05, 0.1) is 0 Å². The minimum absolute atomic E-state index is 0.0332. The Balaban J connectivity index is 1.97. The maximum absolute atomic E-state index is 12.7. The van der Waals surface area contributed by atoms with Crippen LogP contribution in [0.3, 0.4) is 0 Å². The molecule has 1 N–H and O–H groups in total. The highest BCUT2D eigenvalue weighted by atomic mass is 16.4. The van der Waals surface area contributed by atoms with Crippen LogP contribution in [0.2, 0.25) is 0 Å². The number of carbonyl (C=O) groups is 2. The second-order valence-electron chi connectivity index (χ2n) is 5.59. The highest BCUT2D eigenvalue weighted by Crippen LogP contribution is 2.28. The van der Waals surface area contributed by atoms with Gasteiger partial charge in [-0.1, -0.05) is 18.2 Å². The number of carbonyl (C=O) groups excluding carboxylic acids is 1. The molecule has 2 heterocycles. The Morgan fingerprint density at radius 1 is 1.27 bits per heavy atom. The van der Waals surface area contributed by atoms with Crippen LogP contribution in [-0.2, 0) is 6.42 Å². The van der Waals surface area contributed by atoms with Gasteiger partial charge in [0.15, 0.2) is 5.69 Å². The number of carboxylic acids is 1. The third kappa shape index (κ3) is 2.26. The fourth-order valence-electron chi connectivity index (χ4n) is 2.74. The van der Waals surface area contributed by atoms with E-state index in [0.29, 0.717) is 6.54 Å². The molecule has 1 aliphatic heterocycles. The lowest BCUT2D eigenvalue weighted by atomic mass is 10.2. The summed E-state index contributed by atoms with van der Waals surface area (Å²) in [4.78, 5) is 25.6. The van der Waals surface area contributed by atoms with E-state index in [1.54, 1.807) is 4.90 Å². The minimum Gasteiger partial charge on any atom is -0.477 e. The van der Waals surface area contributed by atoms with E-state index in [0.717, 1.165) is 17.7 Å². The van der Waals surface area contributed by atoms with E-state index in [1.165, 1.54) is 10.7 Å². The van der Waals surface area contributed by atoms with Crippen molar-refractivity contribution in [2.45, 2.75) is 26.3 Å². The molecule has 0 spiro atoms. The van der Waals surface area contributed by atoms with Gasteiger partial charge in [0.2, 0.25) is 0 Å². The SMILES string of the molecule is CC(C)n1nc(C(=O)N2CCc3ccccc32)cc1C(=O)O. The van der Waals surface area contributed by atoms with Crippen LogP contribution in [-0.4, -0.2) is 33.3 Å². The van der Waals surface area contributed by atoms with Gasteiger partial charge in [0.25, 0.3) is 5.91 Å². The molecule has 0 saturated heterocycles. The van der Waals surface area contributed by atoms with Crippen molar-refractivity contribution in [3.8, 4) is 0 Å². The van der Waals surface area contributed by atoms with Crippen molar-refractivity contribution in [3.05, 3.63) is 47.3 Å². The van der Waals surface area contributed by atoms with Crippen LogP contribution in [0.5, 0.6) is 0 Å². The largest absolute Gasteiger partial charge is 0.477 e. The van der Waals surface area contributed by atoms with Crippen molar-refractivity contribution in [2.24, 2.45) is 0 Å². The first-order valence-electron chi connectivity index (χ1n) is 7.21. The molecule has 0 unspecified atom stereocenters. The number of benzene rings is 1. The van der Waals surface area contributed by atoms with Crippen LogP contribution in [0.1, 0.15) is 46.4 Å². The van der Waals surface area contributed by atoms with Crippen LogP contribution < -0.4 is 4.90 Å². The average molecular weight is 299 g/mol. The van der Waals surface area contributed by atoms with E-state index in [1.807, 2.05) is 38.1 Å². The number of carboxylic acid groups (broad SMARTS) is 1. The summed E-state index contributed by atoms with van der Waals surface area (Å²) >= 11 is 0. The summed E-state index contributed by atoms with van der Waals surface area (Å²) in [5.74, 6) is -1.34. The zero-order valence-corrected chi connectivity index (χ0v) is 12.5. The molecule has 1 aromatic carbocycles. The van der Waals surface area contributed by atoms with Crippen molar-refractivity contribution >= 4 is 17.6 Å². The maximum atomic E-state index is 12.7. The number of nitrogens with zero attached hydrogens (tertiary/aromatic N) is 3. The molecule has 114 valence electrons. The lowest BCUT2D eigenvalue weighted by molar-refractivity contribution is 0.0681. The fourth-order valence-corrected chi connectivity index (χ4v) is 2.74. The Hall–Kier alpha value is -2.63. The summed E-state index contributed by atoms with van der Waals surface area (Å²) in [5, 5.41) is 13.4. The lowest BCUT2D eigenvalue weighted by Crippen LogP contribution is -2.29. The number of hydrogen-bond donors (Lipinski definition) is 1. The first-order chi connectivity index (χ1) is 10.5. The zero-order valence-electron chi connectivity index (χ0n) is 12.5. The number of fused-ring (bicyclic) bond motifs is 1. The molecule has 1 aliphatic rings. The second-order valence-corrected chi connectivity index (χ2v) is 5.59. The van der Waals surface area contributed by atoms with E-state index < -0.39 is 5.97 Å². The smallest absolute Gasteiger partial charge is 0.354 e. The van der Waals surface area contributed by atoms with E-state index in [9.17, 15) is 14.7 Å². The van der Waals surface area contributed by atoms with Gasteiger partial charge in [-0.05, 0) is 31.9 Å². The van der Waals surface area contributed by atoms with Crippen molar-refractivity contribution in [1.82, 2.24) is 9.78 Å². The summed E-state index contributed by atoms with van der Waals surface area (Å²) in [6.07, 6.45) is 0.804. The predicted molar refractivity (Wildman–Crippen MR) is 81.4 cm³/mol. The lowest BCUT2D eigenvalue weighted by Gasteiger charge is -2.15. The molecule has 2 aromatic rings. The second kappa shape index (κ2) is 5.29. The third-order valence-electron chi connectivity index (χ3n) is 3.80. The molecule has 0 saturated carbocycles. The topological polar surface area (TPSA) is 75.4 Å². The third-order valence-corrected chi connectivity index (χ3v) is 3.80. The number of rotatable bonds is 3. The molecule has 0 fully saturated rings. The Morgan fingerprint density at radius 3 is 2.64 bits per heavy atom. The normalized spacial score (nSPS) is 13.5. The molecule has 22 heavy (non-hydrogen) atoms. The molecule has 6 heteroatoms. The maximum Gasteiger partial charge on any atom is 0.354 e. The van der Waals surface area contributed by atoms with Gasteiger partial charge >= 0.3 is 5.97 Å². The average Bonchev–Trinajstić information content (AvgIpc) is 3.11. The number of aromatic nitrogens is 2. The van der Waals surface area contributed by atoms with E-state index >= 15 is 0 Å². The predicted octanol–water partition coefficient (Wildman–Crippen LogP) is 2.37. The molecule has 1 amide bonds. The van der Waals surface area contributed by atoms with Crippen LogP contribution in [0.4, 0.5) is 5.69 Å². The van der Waals surface area contributed by atoms with Crippen molar-refractivity contribution in [3.63, 3.8) is 0 Å². The molecule has 0 bridgehead atoms. The van der Waals surface area contributed by atoms with Crippen molar-refractivity contribution in [2.75, 3.05) is 11.4 Å². The first kappa shape index (κ1) is 14.3. The molecule has 1 aromatic heterocycles. The summed E-state index contributed by atoms with van der Waals surface area (Å²) in [6, 6.07) is 8.96. The highest BCUT2D eigenvalue weighted by molar-refractivity contribution is 6.07. The van der Waals surface area contributed by atoms with Crippen LogP contribution in [0, 0.1) is 0 Å². The fraction of sp³-hybridized carbons (Fsp3) is 0.312. The van der Waals surface area contributed by atoms with Gasteiger partial charge in [-0.3, -0.25) is 9.48 Å². The first-order valence-corrected chi connectivity index (χ1v) is 7.21. The Morgan fingerprint density at radius 2 is 2.00 bits per heavy atom. The Kier molecular flexibility index (Phi) is 3.44. The highest BCUT2D eigenvalue weighted by Gasteiger charge is 2.28. The van der Waals surface area contributed by atoms with E-state index in [2.05, 4.69) is 5.10 Å². The number of anilines is 1. The van der Waals surface area contributed by atoms with E-state index in [-0.39, 0.29) is 23.3 Å². The van der Waals surface area contributed by atoms with Gasteiger partial charge in [-0.15, -0.1) is 0 Å². The molecule has 0 radical (unpaired) electrons. The molecular weight excluding hydrogens is 282 g/mol. The minimum atomic E-state index is -1.08. The zero-order chi connectivity index (χ0) is 15.9. The standard InChI is InChI=1S/C16H17N3O3/c1-10(2)19-14(16(21)22)9-12(17-19)15(20)18-8-7-11-5-3-4-6-13(11)18/h3-6,9-10H,7-8H2,1-2H3,(H,21,22). The molecule has 3 rings (SSSR count). The summed E-state index contributed by atoms with van der Waals surface area (Å²) in [7, 11) is 0. The summed E-state index contributed by atoms with van der Waals surface area (Å²) in [5.41, 5.74) is 2.20. The molecular formula is C16H17N3O3. The van der Waals surface area contributed by atoms with Gasteiger partial charge in [-0.25, -0.2) is 4.79 Å². The van der Waals surface area contributed by atoms with Crippen LogP contribution in [0.25, 0.3) is 0 Å². The number of para-hydroxylation sites is 1. The van der Waals surface area contributed by atoms with Gasteiger partial charge in [0, 0.05) is 24.3 Å². The Labute approximate surface area is 128 Å². The van der Waals surface area contributed by atoms with Crippen molar-refractivity contribution in [1.29, 1.82) is 0 Å². The van der Waals surface area contributed by atoms with Gasteiger partial charge < -0.3 is 10.0 Å². The quantitative estimate of drug-likeness (QED) is 0.944.